The zero-order valence-electron chi connectivity index (χ0n) is 19.0. The van der Waals surface area contributed by atoms with Gasteiger partial charge in [0, 0.05) is 33.9 Å². The molecule has 0 saturated carbocycles. The van der Waals surface area contributed by atoms with Gasteiger partial charge in [-0.1, -0.05) is 48.5 Å². The highest BCUT2D eigenvalue weighted by Gasteiger charge is 2.42. The lowest BCUT2D eigenvalue weighted by Crippen LogP contribution is -2.29. The van der Waals surface area contributed by atoms with E-state index in [1.54, 1.807) is 30.3 Å². The molecule has 0 aromatic heterocycles. The van der Waals surface area contributed by atoms with Crippen molar-refractivity contribution >= 4 is 40.0 Å². The van der Waals surface area contributed by atoms with Crippen molar-refractivity contribution in [2.45, 2.75) is 19.4 Å². The molecule has 0 radical (unpaired) electrons. The largest absolute Gasteiger partial charge is 0.488 e. The Labute approximate surface area is 215 Å². The number of fused-ring (bicyclic) bond motifs is 2. The minimum atomic E-state index is -0.604. The average molecular weight is 581 g/mol. The lowest BCUT2D eigenvalue weighted by molar-refractivity contribution is -0.136. The van der Waals surface area contributed by atoms with Crippen LogP contribution in [0.1, 0.15) is 39.9 Å². The first-order valence-electron chi connectivity index (χ1n) is 11.0. The number of methoxy groups -OCH3 is 1. The summed E-state index contributed by atoms with van der Waals surface area (Å²) in [6.07, 6.45) is 0. The van der Waals surface area contributed by atoms with Crippen LogP contribution in [0.2, 0.25) is 0 Å². The predicted octanol–water partition coefficient (Wildman–Crippen LogP) is 5.75. The van der Waals surface area contributed by atoms with Gasteiger partial charge in [-0.05, 0) is 53.3 Å². The number of carbonyl (C=O) groups is 2. The molecule has 0 fully saturated rings. The molecule has 1 aliphatic heterocycles. The van der Waals surface area contributed by atoms with Gasteiger partial charge in [-0.3, -0.25) is 4.79 Å². The lowest BCUT2D eigenvalue weighted by atomic mass is 9.80. The van der Waals surface area contributed by atoms with Gasteiger partial charge in [-0.25, -0.2) is 9.18 Å². The van der Waals surface area contributed by atoms with Crippen molar-refractivity contribution in [1.29, 1.82) is 0 Å². The highest BCUT2D eigenvalue weighted by molar-refractivity contribution is 14.1. The van der Waals surface area contributed by atoms with Crippen LogP contribution in [-0.4, -0.2) is 18.9 Å². The van der Waals surface area contributed by atoms with Crippen molar-refractivity contribution in [3.63, 3.8) is 0 Å². The Balaban J connectivity index is 1.55. The molecule has 2 aliphatic rings. The fraction of sp³-hybridized carbons (Fsp3) is 0.143. The molecule has 7 heteroatoms. The number of hydrogen-bond donors (Lipinski definition) is 1. The number of halogens is 2. The minimum Gasteiger partial charge on any atom is -0.488 e. The number of rotatable bonds is 5. The van der Waals surface area contributed by atoms with Crippen LogP contribution >= 0.6 is 22.6 Å². The molecule has 3 aromatic carbocycles. The summed E-state index contributed by atoms with van der Waals surface area (Å²) in [5, 5.41) is 3.28. The third kappa shape index (κ3) is 4.03. The van der Waals surface area contributed by atoms with Crippen molar-refractivity contribution in [2.24, 2.45) is 0 Å². The number of nitrogens with one attached hydrogen (secondary N) is 1. The van der Waals surface area contributed by atoms with Crippen molar-refractivity contribution in [3.05, 3.63) is 115 Å². The van der Waals surface area contributed by atoms with E-state index in [0.717, 1.165) is 20.4 Å². The van der Waals surface area contributed by atoms with Gasteiger partial charge in [0.1, 0.15) is 18.2 Å². The number of ketones is 1. The van der Waals surface area contributed by atoms with Crippen molar-refractivity contribution in [1.82, 2.24) is 5.32 Å². The zero-order chi connectivity index (χ0) is 24.7. The van der Waals surface area contributed by atoms with E-state index in [0.29, 0.717) is 33.7 Å². The van der Waals surface area contributed by atoms with Gasteiger partial charge in [-0.15, -0.1) is 0 Å². The second-order valence-electron chi connectivity index (χ2n) is 8.32. The van der Waals surface area contributed by atoms with Crippen LogP contribution in [0.3, 0.4) is 0 Å². The second kappa shape index (κ2) is 9.30. The molecule has 5 rings (SSSR count). The van der Waals surface area contributed by atoms with Gasteiger partial charge in [0.05, 0.1) is 22.0 Å². The molecule has 3 aromatic rings. The second-order valence-corrected chi connectivity index (χ2v) is 9.48. The van der Waals surface area contributed by atoms with Crippen LogP contribution in [0.5, 0.6) is 5.75 Å². The molecule has 1 heterocycles. The fourth-order valence-corrected chi connectivity index (χ4v) is 5.32. The number of carbonyl (C=O) groups excluding carboxylic acids is 2. The van der Waals surface area contributed by atoms with Crippen LogP contribution in [-0.2, 0) is 16.1 Å². The Morgan fingerprint density at radius 3 is 2.49 bits per heavy atom. The maximum Gasteiger partial charge on any atom is 0.336 e. The summed E-state index contributed by atoms with van der Waals surface area (Å²) < 4.78 is 25.7. The monoisotopic (exact) mass is 581 g/mol. The van der Waals surface area contributed by atoms with E-state index in [1.165, 1.54) is 13.2 Å². The van der Waals surface area contributed by atoms with E-state index in [4.69, 9.17) is 9.47 Å². The maximum absolute atomic E-state index is 14.0. The predicted molar refractivity (Wildman–Crippen MR) is 138 cm³/mol. The fourth-order valence-electron chi connectivity index (χ4n) is 4.63. The molecular formula is C28H21FINO4. The van der Waals surface area contributed by atoms with E-state index >= 15 is 0 Å². The molecule has 0 bridgehead atoms. The van der Waals surface area contributed by atoms with Gasteiger partial charge in [-0.2, -0.15) is 0 Å². The van der Waals surface area contributed by atoms with Crippen LogP contribution in [0.15, 0.2) is 83.6 Å². The SMILES string of the molecule is COC(=O)C1=C(C)NC2=C(C(=O)c3ccccc32)[C@H]1c1ccc(OCc2ccccc2F)c(I)c1. The summed E-state index contributed by atoms with van der Waals surface area (Å²) in [4.78, 5) is 26.3. The summed E-state index contributed by atoms with van der Waals surface area (Å²) >= 11 is 2.15. The number of allylic oxidation sites excluding steroid dienone is 2. The topological polar surface area (TPSA) is 64.6 Å². The molecule has 0 spiro atoms. The molecule has 176 valence electrons. The molecule has 1 N–H and O–H groups in total. The van der Waals surface area contributed by atoms with E-state index in [1.807, 2.05) is 37.3 Å². The van der Waals surface area contributed by atoms with E-state index in [-0.39, 0.29) is 18.2 Å². The van der Waals surface area contributed by atoms with Crippen LogP contribution in [0, 0.1) is 9.39 Å². The third-order valence-corrected chi connectivity index (χ3v) is 7.13. The smallest absolute Gasteiger partial charge is 0.336 e. The van der Waals surface area contributed by atoms with Gasteiger partial charge in [0.2, 0.25) is 0 Å². The zero-order valence-corrected chi connectivity index (χ0v) is 21.2. The summed E-state index contributed by atoms with van der Waals surface area (Å²) in [5.74, 6) is -0.951. The first-order valence-corrected chi connectivity index (χ1v) is 12.1. The summed E-state index contributed by atoms with van der Waals surface area (Å²) in [5.41, 5.74) is 4.92. The normalized spacial score (nSPS) is 16.6. The summed E-state index contributed by atoms with van der Waals surface area (Å²) in [6.45, 7) is 1.90. The molecule has 1 atom stereocenters. The molecule has 35 heavy (non-hydrogen) atoms. The maximum atomic E-state index is 14.0. The van der Waals surface area contributed by atoms with E-state index in [9.17, 15) is 14.0 Å². The summed E-state index contributed by atoms with van der Waals surface area (Å²) in [7, 11) is 1.33. The average Bonchev–Trinajstić information content (AvgIpc) is 3.14. The Hall–Kier alpha value is -3.46. The minimum absolute atomic E-state index is 0.0882. The van der Waals surface area contributed by atoms with Gasteiger partial charge in [0.25, 0.3) is 0 Å². The van der Waals surface area contributed by atoms with Crippen LogP contribution < -0.4 is 10.1 Å². The highest BCUT2D eigenvalue weighted by Crippen LogP contribution is 2.47. The Morgan fingerprint density at radius 1 is 1.06 bits per heavy atom. The standard InChI is InChI=1S/C28H21FINO4/c1-15-23(28(33)34-2)24(25-26(31-15)18-8-4-5-9-19(18)27(25)32)16-11-12-22(21(30)13-16)35-14-17-7-3-6-10-20(17)29/h3-13,24,31H,14H2,1-2H3/t24-/m0/s1. The molecule has 0 saturated heterocycles. The van der Waals surface area contributed by atoms with Gasteiger partial charge < -0.3 is 14.8 Å². The number of hydrogen-bond acceptors (Lipinski definition) is 5. The number of benzene rings is 3. The molecule has 0 amide bonds. The quantitative estimate of drug-likeness (QED) is 0.307. The third-order valence-electron chi connectivity index (χ3n) is 6.28. The number of Topliss-reactive ketones (excluding diaryl/α,β-unsaturated/α-hetero) is 1. The van der Waals surface area contributed by atoms with Crippen LogP contribution in [0.4, 0.5) is 4.39 Å². The highest BCUT2D eigenvalue weighted by atomic mass is 127. The van der Waals surface area contributed by atoms with E-state index in [2.05, 4.69) is 27.9 Å². The Kier molecular flexibility index (Phi) is 6.19. The number of dihydropyridines is 1. The van der Waals surface area contributed by atoms with Crippen molar-refractivity contribution in [3.8, 4) is 5.75 Å². The lowest BCUT2D eigenvalue weighted by Gasteiger charge is -2.29. The van der Waals surface area contributed by atoms with Gasteiger partial charge >= 0.3 is 5.97 Å². The van der Waals surface area contributed by atoms with E-state index < -0.39 is 11.9 Å². The molecule has 5 nitrogen and oxygen atoms in total. The molecule has 1 aliphatic carbocycles. The van der Waals surface area contributed by atoms with Gasteiger partial charge in [0.15, 0.2) is 5.78 Å². The first-order chi connectivity index (χ1) is 16.9. The summed E-state index contributed by atoms with van der Waals surface area (Å²) in [6, 6.07) is 19.4. The Morgan fingerprint density at radius 2 is 1.77 bits per heavy atom. The molecule has 0 unspecified atom stereocenters. The Bertz CT molecular complexity index is 1440. The van der Waals surface area contributed by atoms with Crippen molar-refractivity contribution in [2.75, 3.05) is 7.11 Å². The van der Waals surface area contributed by atoms with Crippen molar-refractivity contribution < 1.29 is 23.5 Å². The molecular weight excluding hydrogens is 560 g/mol. The number of esters is 1. The number of ether oxygens (including phenoxy) is 2. The first kappa shape index (κ1) is 23.3. The van der Waals surface area contributed by atoms with Crippen LogP contribution in [0.25, 0.3) is 5.70 Å².